The number of rotatable bonds is 5. The van der Waals surface area contributed by atoms with Crippen molar-refractivity contribution in [2.45, 2.75) is 50.4 Å². The van der Waals surface area contributed by atoms with Gasteiger partial charge in [0.05, 0.1) is 6.04 Å². The van der Waals surface area contributed by atoms with Gasteiger partial charge in [0.15, 0.2) is 0 Å². The molecule has 29 heavy (non-hydrogen) atoms. The maximum Gasteiger partial charge on any atom is 0.407 e. The zero-order chi connectivity index (χ0) is 20.4. The topological polar surface area (TPSA) is 102 Å². The average Bonchev–Trinajstić information content (AvgIpc) is 2.97. The Kier molecular flexibility index (Phi) is 5.57. The fourth-order valence-corrected chi connectivity index (χ4v) is 4.30. The summed E-state index contributed by atoms with van der Waals surface area (Å²) in [6.45, 7) is 1.63. The number of carbonyl (C=O) groups excluding carboxylic acids is 2. The molecule has 0 aliphatic carbocycles. The second-order valence-electron chi connectivity index (χ2n) is 7.82. The summed E-state index contributed by atoms with van der Waals surface area (Å²) in [5, 5.41) is 13.5. The number of amides is 4. The molecule has 2 atom stereocenters. The van der Waals surface area contributed by atoms with Crippen LogP contribution in [0.1, 0.15) is 31.2 Å². The van der Waals surface area contributed by atoms with Gasteiger partial charge in [0, 0.05) is 25.7 Å². The Bertz CT molecular complexity index is 765. The summed E-state index contributed by atoms with van der Waals surface area (Å²) >= 11 is 0. The zero-order valence-electron chi connectivity index (χ0n) is 16.2. The summed E-state index contributed by atoms with van der Waals surface area (Å²) in [6, 6.07) is 8.82. The van der Waals surface area contributed by atoms with Gasteiger partial charge in [-0.1, -0.05) is 30.3 Å². The van der Waals surface area contributed by atoms with Gasteiger partial charge in [-0.2, -0.15) is 5.06 Å². The molecular formula is C20H26N4O5. The molecular weight excluding hydrogens is 376 g/mol. The average molecular weight is 402 g/mol. The van der Waals surface area contributed by atoms with Gasteiger partial charge in [-0.15, -0.1) is 0 Å². The van der Waals surface area contributed by atoms with Crippen molar-refractivity contribution < 1.29 is 24.3 Å². The van der Waals surface area contributed by atoms with Crippen molar-refractivity contribution in [3.63, 3.8) is 0 Å². The predicted octanol–water partition coefficient (Wildman–Crippen LogP) is 1.65. The van der Waals surface area contributed by atoms with Crippen LogP contribution in [0.4, 0.5) is 9.59 Å². The largest absolute Gasteiger partial charge is 0.465 e. The minimum atomic E-state index is -0.925. The van der Waals surface area contributed by atoms with Crippen molar-refractivity contribution >= 4 is 18.0 Å². The number of nitrogens with one attached hydrogen (secondary N) is 1. The number of carboxylic acid groups (broad SMARTS) is 1. The Morgan fingerprint density at radius 2 is 1.83 bits per heavy atom. The summed E-state index contributed by atoms with van der Waals surface area (Å²) < 4.78 is 0. The number of fused-ring (bicyclic) bond motifs is 2. The molecule has 1 aromatic carbocycles. The highest BCUT2D eigenvalue weighted by Crippen LogP contribution is 2.30. The highest BCUT2D eigenvalue weighted by Gasteiger charge is 2.48. The van der Waals surface area contributed by atoms with Gasteiger partial charge in [-0.25, -0.2) is 9.59 Å². The van der Waals surface area contributed by atoms with E-state index < -0.39 is 12.1 Å². The molecule has 4 rings (SSSR count). The van der Waals surface area contributed by atoms with Crippen LogP contribution in [-0.2, 0) is 16.2 Å². The molecule has 9 nitrogen and oxygen atoms in total. The Hall–Kier alpha value is -2.81. The number of hydroxylamine groups is 2. The Labute approximate surface area is 169 Å². The second kappa shape index (κ2) is 8.28. The van der Waals surface area contributed by atoms with E-state index >= 15 is 0 Å². The van der Waals surface area contributed by atoms with Gasteiger partial charge >= 0.3 is 12.1 Å². The quantitative estimate of drug-likeness (QED) is 0.780. The molecule has 3 fully saturated rings. The third kappa shape index (κ3) is 4.14. The summed E-state index contributed by atoms with van der Waals surface area (Å²) in [7, 11) is 0. The molecule has 2 N–H and O–H groups in total. The van der Waals surface area contributed by atoms with E-state index in [1.807, 2.05) is 30.3 Å². The van der Waals surface area contributed by atoms with Gasteiger partial charge < -0.3 is 20.2 Å². The van der Waals surface area contributed by atoms with E-state index in [1.165, 1.54) is 9.96 Å². The molecule has 156 valence electrons. The lowest BCUT2D eigenvalue weighted by Gasteiger charge is -2.34. The lowest BCUT2D eigenvalue weighted by molar-refractivity contribution is -0.140. The van der Waals surface area contributed by atoms with E-state index in [9.17, 15) is 14.4 Å². The first-order valence-corrected chi connectivity index (χ1v) is 10.1. The lowest BCUT2D eigenvalue weighted by Crippen LogP contribution is -2.54. The molecule has 3 heterocycles. The number of carbonyl (C=O) groups is 3. The van der Waals surface area contributed by atoms with Crippen LogP contribution in [0.15, 0.2) is 30.3 Å². The van der Waals surface area contributed by atoms with E-state index in [1.54, 1.807) is 4.90 Å². The molecule has 3 aliphatic heterocycles. The fourth-order valence-electron chi connectivity index (χ4n) is 4.30. The molecule has 0 aromatic heterocycles. The molecule has 3 aliphatic rings. The maximum atomic E-state index is 12.8. The van der Waals surface area contributed by atoms with Gasteiger partial charge in [-0.05, 0) is 31.2 Å². The third-order valence-electron chi connectivity index (χ3n) is 5.95. The molecule has 4 amide bonds. The molecule has 2 bridgehead atoms. The van der Waals surface area contributed by atoms with E-state index in [2.05, 4.69) is 5.32 Å². The van der Waals surface area contributed by atoms with Crippen molar-refractivity contribution in [2.24, 2.45) is 0 Å². The van der Waals surface area contributed by atoms with E-state index in [4.69, 9.17) is 9.94 Å². The van der Waals surface area contributed by atoms with Crippen LogP contribution in [-0.4, -0.2) is 75.8 Å². The molecule has 0 spiro atoms. The highest BCUT2D eigenvalue weighted by molar-refractivity contribution is 5.88. The Balaban J connectivity index is 1.31. The van der Waals surface area contributed by atoms with Gasteiger partial charge in [0.2, 0.25) is 5.91 Å². The predicted molar refractivity (Wildman–Crippen MR) is 103 cm³/mol. The van der Waals surface area contributed by atoms with Crippen molar-refractivity contribution in [1.82, 2.24) is 20.2 Å². The van der Waals surface area contributed by atoms with Crippen LogP contribution in [0.2, 0.25) is 0 Å². The summed E-state index contributed by atoms with van der Waals surface area (Å²) in [5.41, 5.74) is 0.985. The lowest BCUT2D eigenvalue weighted by atomic mass is 9.99. The minimum Gasteiger partial charge on any atom is -0.465 e. The molecule has 9 heteroatoms. The molecule has 0 radical (unpaired) electrons. The second-order valence-corrected chi connectivity index (χ2v) is 7.82. The van der Waals surface area contributed by atoms with Crippen LogP contribution in [0, 0.1) is 0 Å². The maximum absolute atomic E-state index is 12.8. The first-order valence-electron chi connectivity index (χ1n) is 10.1. The normalized spacial score (nSPS) is 24.7. The van der Waals surface area contributed by atoms with Crippen LogP contribution >= 0.6 is 0 Å². The van der Waals surface area contributed by atoms with Crippen molar-refractivity contribution in [3.05, 3.63) is 35.9 Å². The Morgan fingerprint density at radius 3 is 2.52 bits per heavy atom. The van der Waals surface area contributed by atoms with Crippen molar-refractivity contribution in [2.75, 3.05) is 19.6 Å². The first-order chi connectivity index (χ1) is 14.0. The number of nitrogens with zero attached hydrogens (tertiary/aromatic N) is 3. The zero-order valence-corrected chi connectivity index (χ0v) is 16.2. The van der Waals surface area contributed by atoms with Crippen molar-refractivity contribution in [1.29, 1.82) is 0 Å². The molecule has 3 saturated heterocycles. The van der Waals surface area contributed by atoms with Crippen LogP contribution < -0.4 is 5.32 Å². The fraction of sp³-hybridized carbons (Fsp3) is 0.550. The molecule has 0 unspecified atom stereocenters. The van der Waals surface area contributed by atoms with Gasteiger partial charge in [-0.3, -0.25) is 9.63 Å². The number of hydrogen-bond acceptors (Lipinski definition) is 4. The van der Waals surface area contributed by atoms with Gasteiger partial charge in [0.25, 0.3) is 0 Å². The minimum absolute atomic E-state index is 0.0333. The number of likely N-dealkylation sites (tertiary alicyclic amines) is 1. The molecule has 0 saturated carbocycles. The number of urea groups is 1. The standard InChI is InChI=1S/C20H26N4O5/c25-18(21-15-8-10-22(11-9-15)20(27)28)17-7-6-16-12-23(17)19(26)24(16)29-13-14-4-2-1-3-5-14/h1-5,15-17H,6-13H2,(H,21,25)(H,27,28)/t16-,17+/m0/s1. The van der Waals surface area contributed by atoms with E-state index in [0.29, 0.717) is 51.9 Å². The monoisotopic (exact) mass is 402 g/mol. The number of piperidine rings is 2. The van der Waals surface area contributed by atoms with Crippen LogP contribution in [0.3, 0.4) is 0 Å². The summed E-state index contributed by atoms with van der Waals surface area (Å²) in [6.07, 6.45) is 1.57. The number of benzene rings is 1. The third-order valence-corrected chi connectivity index (χ3v) is 5.95. The Morgan fingerprint density at radius 1 is 1.10 bits per heavy atom. The van der Waals surface area contributed by atoms with E-state index in [0.717, 1.165) is 5.56 Å². The van der Waals surface area contributed by atoms with Gasteiger partial charge in [0.1, 0.15) is 12.6 Å². The SMILES string of the molecule is O=C(NC1CCN(C(=O)O)CC1)[C@H]1CC[C@H]2CN1C(=O)N2OCc1ccccc1. The summed E-state index contributed by atoms with van der Waals surface area (Å²) in [4.78, 5) is 45.4. The molecule has 1 aromatic rings. The summed E-state index contributed by atoms with van der Waals surface area (Å²) in [5.74, 6) is -0.157. The van der Waals surface area contributed by atoms with Crippen LogP contribution in [0.25, 0.3) is 0 Å². The highest BCUT2D eigenvalue weighted by atomic mass is 16.7. The number of hydrogen-bond donors (Lipinski definition) is 2. The van der Waals surface area contributed by atoms with Crippen LogP contribution in [0.5, 0.6) is 0 Å². The van der Waals surface area contributed by atoms with E-state index in [-0.39, 0.29) is 24.0 Å². The van der Waals surface area contributed by atoms with Crippen molar-refractivity contribution in [3.8, 4) is 0 Å². The smallest absolute Gasteiger partial charge is 0.407 e. The first kappa shape index (κ1) is 19.5.